The van der Waals surface area contributed by atoms with Crippen LogP contribution < -0.4 is 10.5 Å². The summed E-state index contributed by atoms with van der Waals surface area (Å²) in [6, 6.07) is 3.39. The van der Waals surface area contributed by atoms with Crippen molar-refractivity contribution in [3.05, 3.63) is 23.9 Å². The molecule has 6 nitrogen and oxygen atoms in total. The quantitative estimate of drug-likeness (QED) is 0.346. The summed E-state index contributed by atoms with van der Waals surface area (Å²) in [6.07, 6.45) is 2.54. The maximum atomic E-state index is 8.49. The van der Waals surface area contributed by atoms with Crippen LogP contribution in [-0.2, 0) is 4.74 Å². The number of ether oxygens (including phenoxy) is 2. The highest BCUT2D eigenvalue weighted by atomic mass is 16.5. The van der Waals surface area contributed by atoms with Gasteiger partial charge in [-0.3, -0.25) is 0 Å². The van der Waals surface area contributed by atoms with Gasteiger partial charge < -0.3 is 20.4 Å². The Labute approximate surface area is 99.0 Å². The Kier molecular flexibility index (Phi) is 3.77. The van der Waals surface area contributed by atoms with Crippen molar-refractivity contribution in [3.8, 4) is 5.88 Å². The first-order chi connectivity index (χ1) is 8.29. The van der Waals surface area contributed by atoms with Crippen molar-refractivity contribution in [3.63, 3.8) is 0 Å². The van der Waals surface area contributed by atoms with Crippen molar-refractivity contribution in [1.29, 1.82) is 0 Å². The maximum Gasteiger partial charge on any atom is 0.213 e. The molecule has 0 aromatic carbocycles. The van der Waals surface area contributed by atoms with Crippen LogP contribution in [0.2, 0.25) is 0 Å². The monoisotopic (exact) mass is 237 g/mol. The Morgan fingerprint density at radius 3 is 3.12 bits per heavy atom. The van der Waals surface area contributed by atoms with Crippen molar-refractivity contribution in [1.82, 2.24) is 4.98 Å². The Balaban J connectivity index is 1.89. The SMILES string of the molecule is N/C(=N/O)c1ccc(OCC2CCOC2)nc1. The van der Waals surface area contributed by atoms with Crippen LogP contribution in [-0.4, -0.2) is 35.8 Å². The molecular formula is C11H15N3O3. The third-order valence-corrected chi connectivity index (χ3v) is 2.63. The average molecular weight is 237 g/mol. The maximum absolute atomic E-state index is 8.49. The lowest BCUT2D eigenvalue weighted by molar-refractivity contribution is 0.165. The number of amidine groups is 1. The van der Waals surface area contributed by atoms with Gasteiger partial charge in [-0.15, -0.1) is 0 Å². The summed E-state index contributed by atoms with van der Waals surface area (Å²) in [5, 5.41) is 11.4. The highest BCUT2D eigenvalue weighted by molar-refractivity contribution is 5.96. The number of hydrogen-bond acceptors (Lipinski definition) is 5. The van der Waals surface area contributed by atoms with E-state index >= 15 is 0 Å². The first kappa shape index (κ1) is 11.7. The molecule has 1 aliphatic heterocycles. The molecule has 1 fully saturated rings. The van der Waals surface area contributed by atoms with Crippen molar-refractivity contribution < 1.29 is 14.7 Å². The molecule has 3 N–H and O–H groups in total. The number of nitrogens with two attached hydrogens (primary N) is 1. The van der Waals surface area contributed by atoms with Crippen LogP contribution in [0.1, 0.15) is 12.0 Å². The van der Waals surface area contributed by atoms with E-state index in [4.69, 9.17) is 20.4 Å². The molecule has 6 heteroatoms. The third-order valence-electron chi connectivity index (χ3n) is 2.63. The zero-order chi connectivity index (χ0) is 12.1. The van der Waals surface area contributed by atoms with Crippen LogP contribution >= 0.6 is 0 Å². The summed E-state index contributed by atoms with van der Waals surface area (Å²) in [6.45, 7) is 2.17. The van der Waals surface area contributed by atoms with Gasteiger partial charge in [-0.05, 0) is 12.5 Å². The van der Waals surface area contributed by atoms with Gasteiger partial charge in [0.05, 0.1) is 13.2 Å². The van der Waals surface area contributed by atoms with Gasteiger partial charge in [0.1, 0.15) is 0 Å². The van der Waals surface area contributed by atoms with E-state index in [1.165, 1.54) is 6.20 Å². The predicted molar refractivity (Wildman–Crippen MR) is 61.2 cm³/mol. The van der Waals surface area contributed by atoms with Crippen molar-refractivity contribution in [2.24, 2.45) is 16.8 Å². The van der Waals surface area contributed by atoms with Gasteiger partial charge in [-0.25, -0.2) is 4.98 Å². The topological polar surface area (TPSA) is 90.0 Å². The summed E-state index contributed by atoms with van der Waals surface area (Å²) >= 11 is 0. The summed E-state index contributed by atoms with van der Waals surface area (Å²) in [5.74, 6) is 1.01. The molecule has 1 aromatic rings. The molecule has 2 heterocycles. The normalized spacial score (nSPS) is 20.5. The van der Waals surface area contributed by atoms with E-state index in [2.05, 4.69) is 10.1 Å². The number of pyridine rings is 1. The van der Waals surface area contributed by atoms with Crippen LogP contribution in [0.5, 0.6) is 5.88 Å². The summed E-state index contributed by atoms with van der Waals surface area (Å²) < 4.78 is 10.8. The van der Waals surface area contributed by atoms with E-state index in [0.717, 1.165) is 19.6 Å². The van der Waals surface area contributed by atoms with Crippen LogP contribution in [0.4, 0.5) is 0 Å². The number of rotatable bonds is 4. The minimum atomic E-state index is 0.0354. The summed E-state index contributed by atoms with van der Waals surface area (Å²) in [7, 11) is 0. The first-order valence-electron chi connectivity index (χ1n) is 5.44. The molecule has 0 aliphatic carbocycles. The van der Waals surface area contributed by atoms with E-state index in [-0.39, 0.29) is 5.84 Å². The molecule has 2 rings (SSSR count). The van der Waals surface area contributed by atoms with Gasteiger partial charge in [-0.1, -0.05) is 5.16 Å². The molecule has 0 radical (unpaired) electrons. The van der Waals surface area contributed by atoms with Crippen molar-refractivity contribution in [2.45, 2.75) is 6.42 Å². The average Bonchev–Trinajstić information content (AvgIpc) is 2.89. The molecular weight excluding hydrogens is 222 g/mol. The fourth-order valence-electron chi connectivity index (χ4n) is 1.59. The molecule has 1 unspecified atom stereocenters. The van der Waals surface area contributed by atoms with Crippen molar-refractivity contribution in [2.75, 3.05) is 19.8 Å². The molecule has 0 saturated carbocycles. The van der Waals surface area contributed by atoms with E-state index < -0.39 is 0 Å². The Morgan fingerprint density at radius 1 is 1.65 bits per heavy atom. The summed E-state index contributed by atoms with van der Waals surface area (Å²) in [4.78, 5) is 4.07. The largest absolute Gasteiger partial charge is 0.477 e. The highest BCUT2D eigenvalue weighted by Gasteiger charge is 2.16. The molecule has 0 bridgehead atoms. The van der Waals surface area contributed by atoms with E-state index in [0.29, 0.717) is 24.0 Å². The molecule has 1 aromatic heterocycles. The van der Waals surface area contributed by atoms with Gasteiger partial charge >= 0.3 is 0 Å². The predicted octanol–water partition coefficient (Wildman–Crippen LogP) is 0.591. The smallest absolute Gasteiger partial charge is 0.213 e. The minimum absolute atomic E-state index is 0.0354. The first-order valence-corrected chi connectivity index (χ1v) is 5.44. The number of hydrogen-bond donors (Lipinski definition) is 2. The van der Waals surface area contributed by atoms with Crippen LogP contribution in [0.25, 0.3) is 0 Å². The molecule has 1 saturated heterocycles. The highest BCUT2D eigenvalue weighted by Crippen LogP contribution is 2.14. The lowest BCUT2D eigenvalue weighted by Gasteiger charge is -2.09. The second-order valence-electron chi connectivity index (χ2n) is 3.91. The Morgan fingerprint density at radius 2 is 2.53 bits per heavy atom. The lowest BCUT2D eigenvalue weighted by atomic mass is 10.1. The van der Waals surface area contributed by atoms with E-state index in [1.54, 1.807) is 12.1 Å². The molecule has 0 spiro atoms. The van der Waals surface area contributed by atoms with E-state index in [9.17, 15) is 0 Å². The summed E-state index contributed by atoms with van der Waals surface area (Å²) in [5.41, 5.74) is 5.98. The van der Waals surface area contributed by atoms with Gasteiger partial charge in [0.15, 0.2) is 5.84 Å². The zero-order valence-electron chi connectivity index (χ0n) is 9.37. The zero-order valence-corrected chi connectivity index (χ0v) is 9.37. The molecule has 1 atom stereocenters. The second kappa shape index (κ2) is 5.49. The van der Waals surface area contributed by atoms with Gasteiger partial charge in [0.25, 0.3) is 0 Å². The lowest BCUT2D eigenvalue weighted by Crippen LogP contribution is -2.14. The van der Waals surface area contributed by atoms with Gasteiger partial charge in [-0.2, -0.15) is 0 Å². The fraction of sp³-hybridized carbons (Fsp3) is 0.455. The fourth-order valence-corrected chi connectivity index (χ4v) is 1.59. The molecule has 92 valence electrons. The number of nitrogens with zero attached hydrogens (tertiary/aromatic N) is 2. The van der Waals surface area contributed by atoms with Gasteiger partial charge in [0.2, 0.25) is 5.88 Å². The Bertz CT molecular complexity index is 385. The minimum Gasteiger partial charge on any atom is -0.477 e. The number of aromatic nitrogens is 1. The molecule has 0 amide bonds. The van der Waals surface area contributed by atoms with Crippen LogP contribution in [0.15, 0.2) is 23.5 Å². The number of oxime groups is 1. The molecule has 1 aliphatic rings. The van der Waals surface area contributed by atoms with Gasteiger partial charge in [0, 0.05) is 30.4 Å². The van der Waals surface area contributed by atoms with Crippen LogP contribution in [0.3, 0.4) is 0 Å². The second-order valence-corrected chi connectivity index (χ2v) is 3.91. The third kappa shape index (κ3) is 3.07. The van der Waals surface area contributed by atoms with Crippen LogP contribution in [0, 0.1) is 5.92 Å². The Hall–Kier alpha value is -1.82. The van der Waals surface area contributed by atoms with Crippen molar-refractivity contribution >= 4 is 5.84 Å². The molecule has 17 heavy (non-hydrogen) atoms. The van der Waals surface area contributed by atoms with E-state index in [1.807, 2.05) is 0 Å². The standard InChI is InChI=1S/C11H15N3O3/c12-11(14-15)9-1-2-10(13-5-9)17-7-8-3-4-16-6-8/h1-2,5,8,15H,3-4,6-7H2,(H2,12,14).